The van der Waals surface area contributed by atoms with Crippen molar-refractivity contribution in [1.82, 2.24) is 5.32 Å². The highest BCUT2D eigenvalue weighted by atomic mass is 35.5. The first-order valence-corrected chi connectivity index (χ1v) is 8.00. The predicted molar refractivity (Wildman–Crippen MR) is 85.8 cm³/mol. The summed E-state index contributed by atoms with van der Waals surface area (Å²) in [5.74, 6) is 0. The Morgan fingerprint density at radius 3 is 2.37 bits per heavy atom. The lowest BCUT2D eigenvalue weighted by molar-refractivity contribution is 0.496. The van der Waals surface area contributed by atoms with Gasteiger partial charge in [0.05, 0.1) is 15.1 Å². The van der Waals surface area contributed by atoms with Crippen LogP contribution in [0.2, 0.25) is 15.1 Å². The topological polar surface area (TPSA) is 12.0 Å². The van der Waals surface area contributed by atoms with Gasteiger partial charge in [-0.2, -0.15) is 11.3 Å². The zero-order valence-electron chi connectivity index (χ0n) is 10.6. The number of benzene rings is 1. The Morgan fingerprint density at radius 1 is 1.00 bits per heavy atom. The molecule has 0 aliphatic carbocycles. The molecule has 0 saturated heterocycles. The van der Waals surface area contributed by atoms with E-state index in [0.29, 0.717) is 15.1 Å². The van der Waals surface area contributed by atoms with E-state index in [-0.39, 0.29) is 12.1 Å². The summed E-state index contributed by atoms with van der Waals surface area (Å²) in [5.41, 5.74) is 2.23. The molecule has 102 valence electrons. The number of thiophene rings is 1. The van der Waals surface area contributed by atoms with E-state index < -0.39 is 0 Å². The summed E-state index contributed by atoms with van der Waals surface area (Å²) < 4.78 is 0. The van der Waals surface area contributed by atoms with E-state index >= 15 is 0 Å². The van der Waals surface area contributed by atoms with Crippen LogP contribution in [-0.4, -0.2) is 0 Å². The van der Waals surface area contributed by atoms with Crippen LogP contribution in [0.4, 0.5) is 0 Å². The van der Waals surface area contributed by atoms with Gasteiger partial charge in [-0.1, -0.05) is 40.9 Å². The molecule has 0 saturated carbocycles. The lowest BCUT2D eigenvalue weighted by Crippen LogP contribution is -2.22. The standard InChI is InChI=1S/C14H14Cl3NS/c1-8(10-5-6-19-7-10)18-9(2)11-3-4-12(15)14(17)13(11)16/h3-9,18H,1-2H3. The molecule has 1 aromatic carbocycles. The maximum atomic E-state index is 6.25. The Morgan fingerprint density at radius 2 is 1.74 bits per heavy atom. The minimum atomic E-state index is 0.0946. The fourth-order valence-electron chi connectivity index (χ4n) is 1.96. The van der Waals surface area contributed by atoms with Crippen molar-refractivity contribution in [3.05, 3.63) is 55.2 Å². The van der Waals surface area contributed by atoms with Crippen molar-refractivity contribution in [2.45, 2.75) is 25.9 Å². The molecular formula is C14H14Cl3NS. The van der Waals surface area contributed by atoms with E-state index in [1.54, 1.807) is 17.4 Å². The molecule has 0 amide bonds. The van der Waals surface area contributed by atoms with Crippen LogP contribution in [0.3, 0.4) is 0 Å². The van der Waals surface area contributed by atoms with Crippen molar-refractivity contribution in [2.75, 3.05) is 0 Å². The summed E-state index contributed by atoms with van der Waals surface area (Å²) in [7, 11) is 0. The summed E-state index contributed by atoms with van der Waals surface area (Å²) in [6, 6.07) is 6.16. The van der Waals surface area contributed by atoms with Gasteiger partial charge in [0.15, 0.2) is 0 Å². The van der Waals surface area contributed by atoms with E-state index in [2.05, 4.69) is 36.0 Å². The Balaban J connectivity index is 2.16. The van der Waals surface area contributed by atoms with Gasteiger partial charge in [0.25, 0.3) is 0 Å². The normalized spacial score (nSPS) is 14.4. The summed E-state index contributed by atoms with van der Waals surface area (Å²) in [4.78, 5) is 0. The van der Waals surface area contributed by atoms with Crippen molar-refractivity contribution >= 4 is 46.1 Å². The molecular weight excluding hydrogens is 321 g/mol. The fourth-order valence-corrected chi connectivity index (χ4v) is 3.42. The first-order valence-electron chi connectivity index (χ1n) is 5.92. The highest BCUT2D eigenvalue weighted by Crippen LogP contribution is 2.36. The highest BCUT2D eigenvalue weighted by Gasteiger charge is 2.16. The molecule has 0 fully saturated rings. The third-order valence-electron chi connectivity index (χ3n) is 3.07. The smallest absolute Gasteiger partial charge is 0.0781 e. The molecule has 2 rings (SSSR count). The van der Waals surface area contributed by atoms with Crippen molar-refractivity contribution < 1.29 is 0 Å². The molecule has 0 radical (unpaired) electrons. The number of nitrogens with one attached hydrogen (secondary N) is 1. The molecule has 19 heavy (non-hydrogen) atoms. The molecule has 1 aromatic heterocycles. The third kappa shape index (κ3) is 3.45. The molecule has 0 aliphatic heterocycles. The van der Waals surface area contributed by atoms with Gasteiger partial charge in [-0.25, -0.2) is 0 Å². The SMILES string of the molecule is CC(NC(C)c1ccc(Cl)c(Cl)c1Cl)c1ccsc1. The van der Waals surface area contributed by atoms with Crippen LogP contribution in [0.25, 0.3) is 0 Å². The van der Waals surface area contributed by atoms with Gasteiger partial charge in [0, 0.05) is 12.1 Å². The Kier molecular flexibility index (Phi) is 5.15. The molecule has 0 aliphatic rings. The molecule has 0 bridgehead atoms. The summed E-state index contributed by atoms with van der Waals surface area (Å²) in [6.07, 6.45) is 0. The van der Waals surface area contributed by atoms with Crippen LogP contribution in [0.15, 0.2) is 29.0 Å². The van der Waals surface area contributed by atoms with Crippen LogP contribution < -0.4 is 5.32 Å². The zero-order valence-corrected chi connectivity index (χ0v) is 13.7. The second kappa shape index (κ2) is 6.47. The van der Waals surface area contributed by atoms with Crippen LogP contribution in [0.5, 0.6) is 0 Å². The minimum absolute atomic E-state index is 0.0946. The van der Waals surface area contributed by atoms with Crippen LogP contribution in [0.1, 0.15) is 37.1 Å². The summed E-state index contributed by atoms with van der Waals surface area (Å²) in [6.45, 7) is 4.19. The van der Waals surface area contributed by atoms with E-state index in [4.69, 9.17) is 34.8 Å². The number of rotatable bonds is 4. The van der Waals surface area contributed by atoms with Gasteiger partial charge >= 0.3 is 0 Å². The lowest BCUT2D eigenvalue weighted by Gasteiger charge is -2.21. The molecule has 2 atom stereocenters. The average Bonchev–Trinajstić information content (AvgIpc) is 2.89. The molecule has 5 heteroatoms. The van der Waals surface area contributed by atoms with E-state index in [9.17, 15) is 0 Å². The number of hydrogen-bond donors (Lipinski definition) is 1. The van der Waals surface area contributed by atoms with E-state index in [1.807, 2.05) is 6.07 Å². The van der Waals surface area contributed by atoms with E-state index in [1.165, 1.54) is 5.56 Å². The maximum Gasteiger partial charge on any atom is 0.0781 e. The lowest BCUT2D eigenvalue weighted by atomic mass is 10.1. The molecule has 1 N–H and O–H groups in total. The molecule has 1 heterocycles. The quantitative estimate of drug-likeness (QED) is 0.664. The third-order valence-corrected chi connectivity index (χ3v) is 5.08. The summed E-state index contributed by atoms with van der Waals surface area (Å²) in [5, 5.41) is 9.13. The largest absolute Gasteiger partial charge is 0.304 e. The second-order valence-corrected chi connectivity index (χ2v) is 6.37. The van der Waals surface area contributed by atoms with Crippen LogP contribution >= 0.6 is 46.1 Å². The molecule has 2 unspecified atom stereocenters. The van der Waals surface area contributed by atoms with E-state index in [0.717, 1.165) is 5.56 Å². The molecule has 1 nitrogen and oxygen atoms in total. The van der Waals surface area contributed by atoms with Gasteiger partial charge < -0.3 is 5.32 Å². The fraction of sp³-hybridized carbons (Fsp3) is 0.286. The number of hydrogen-bond acceptors (Lipinski definition) is 2. The first-order chi connectivity index (χ1) is 9.00. The zero-order chi connectivity index (χ0) is 14.0. The average molecular weight is 335 g/mol. The van der Waals surface area contributed by atoms with Gasteiger partial charge in [-0.3, -0.25) is 0 Å². The highest BCUT2D eigenvalue weighted by molar-refractivity contribution is 7.07. The van der Waals surface area contributed by atoms with Crippen molar-refractivity contribution in [2.24, 2.45) is 0 Å². The van der Waals surface area contributed by atoms with Crippen molar-refractivity contribution in [3.63, 3.8) is 0 Å². The van der Waals surface area contributed by atoms with Gasteiger partial charge in [0.2, 0.25) is 0 Å². The minimum Gasteiger partial charge on any atom is -0.304 e. The Labute approximate surface area is 132 Å². The van der Waals surface area contributed by atoms with Crippen molar-refractivity contribution in [3.8, 4) is 0 Å². The second-order valence-electron chi connectivity index (χ2n) is 4.43. The Bertz CT molecular complexity index is 554. The maximum absolute atomic E-state index is 6.25. The molecule has 0 spiro atoms. The Hall–Kier alpha value is -0.250. The van der Waals surface area contributed by atoms with Gasteiger partial charge in [-0.05, 0) is 47.9 Å². The first kappa shape index (κ1) is 15.1. The van der Waals surface area contributed by atoms with Gasteiger partial charge in [0.1, 0.15) is 0 Å². The van der Waals surface area contributed by atoms with Gasteiger partial charge in [-0.15, -0.1) is 0 Å². The van der Waals surface area contributed by atoms with Crippen LogP contribution in [-0.2, 0) is 0 Å². The van der Waals surface area contributed by atoms with Crippen molar-refractivity contribution in [1.29, 1.82) is 0 Å². The predicted octanol–water partition coefficient (Wildman–Crippen LogP) is 6.12. The van der Waals surface area contributed by atoms with Crippen LogP contribution in [0, 0.1) is 0 Å². The monoisotopic (exact) mass is 333 g/mol. The summed E-state index contributed by atoms with van der Waals surface area (Å²) >= 11 is 20.0. The number of halogens is 3. The molecule has 2 aromatic rings.